The summed E-state index contributed by atoms with van der Waals surface area (Å²) in [7, 11) is -1.29. The number of benzene rings is 4. The van der Waals surface area contributed by atoms with E-state index in [4.69, 9.17) is 4.98 Å². The van der Waals surface area contributed by atoms with E-state index < -0.39 is 8.07 Å². The molecule has 0 N–H and O–H groups in total. The molecule has 39 heavy (non-hydrogen) atoms. The monoisotopic (exact) mass is 536 g/mol. The largest absolute Gasteiger partial charge is 0.256 e. The van der Waals surface area contributed by atoms with Crippen LogP contribution in [0.15, 0.2) is 116 Å². The van der Waals surface area contributed by atoms with Crippen LogP contribution in [0.2, 0.25) is 19.6 Å². The summed E-state index contributed by atoms with van der Waals surface area (Å²) in [4.78, 5) is 10.5. The Morgan fingerprint density at radius 2 is 1.26 bits per heavy atom. The quantitative estimate of drug-likeness (QED) is 0.209. The van der Waals surface area contributed by atoms with Gasteiger partial charge in [0.25, 0.3) is 0 Å². The summed E-state index contributed by atoms with van der Waals surface area (Å²) >= 11 is 1.74. The molecule has 3 heterocycles. The van der Waals surface area contributed by atoms with Gasteiger partial charge in [0.15, 0.2) is 0 Å². The second kappa shape index (κ2) is 9.26. The fraction of sp³-hybridized carbons (Fsp3) is 0.0857. The van der Waals surface area contributed by atoms with Crippen LogP contribution in [0.4, 0.5) is 0 Å². The Morgan fingerprint density at radius 3 is 1.95 bits per heavy atom. The van der Waals surface area contributed by atoms with Gasteiger partial charge < -0.3 is 0 Å². The van der Waals surface area contributed by atoms with Crippen LogP contribution in [0.3, 0.4) is 0 Å². The van der Waals surface area contributed by atoms with Gasteiger partial charge in [0.1, 0.15) is 4.83 Å². The van der Waals surface area contributed by atoms with Gasteiger partial charge in [0.2, 0.25) is 0 Å². The first kappa shape index (κ1) is 24.0. The zero-order valence-corrected chi connectivity index (χ0v) is 24.1. The molecule has 4 aromatic carbocycles. The normalized spacial score (nSPS) is 12.0. The summed E-state index contributed by atoms with van der Waals surface area (Å²) < 4.78 is 1.24. The lowest BCUT2D eigenvalue weighted by Crippen LogP contribution is -2.37. The minimum Gasteiger partial charge on any atom is -0.256 e. The Bertz CT molecular complexity index is 1980. The van der Waals surface area contributed by atoms with Crippen molar-refractivity contribution in [3.05, 3.63) is 116 Å². The highest BCUT2D eigenvalue weighted by atomic mass is 32.1. The first-order valence-corrected chi connectivity index (χ1v) is 17.6. The molecule has 0 bridgehead atoms. The van der Waals surface area contributed by atoms with Crippen LogP contribution >= 0.6 is 11.3 Å². The van der Waals surface area contributed by atoms with Crippen molar-refractivity contribution in [1.29, 1.82) is 0 Å². The maximum Gasteiger partial charge on any atom is 0.124 e. The Labute approximate surface area is 233 Å². The highest BCUT2D eigenvalue weighted by molar-refractivity contribution is 7.26. The van der Waals surface area contributed by atoms with Crippen LogP contribution in [0.25, 0.3) is 64.6 Å². The molecule has 0 spiro atoms. The van der Waals surface area contributed by atoms with Gasteiger partial charge in [-0.25, -0.2) is 4.98 Å². The number of hydrogen-bond acceptors (Lipinski definition) is 3. The van der Waals surface area contributed by atoms with Crippen molar-refractivity contribution in [2.75, 3.05) is 0 Å². The van der Waals surface area contributed by atoms with Gasteiger partial charge in [-0.05, 0) is 57.8 Å². The molecule has 0 unspecified atom stereocenters. The van der Waals surface area contributed by atoms with Crippen molar-refractivity contribution >= 4 is 55.7 Å². The molecule has 4 heteroatoms. The molecule has 0 aliphatic carbocycles. The fourth-order valence-corrected chi connectivity index (χ4v) is 7.66. The van der Waals surface area contributed by atoms with E-state index in [9.17, 15) is 0 Å². The third kappa shape index (κ3) is 4.36. The lowest BCUT2D eigenvalue weighted by Gasteiger charge is -2.17. The van der Waals surface area contributed by atoms with E-state index in [0.717, 1.165) is 21.7 Å². The summed E-state index contributed by atoms with van der Waals surface area (Å²) in [6, 6.07) is 37.5. The van der Waals surface area contributed by atoms with Crippen molar-refractivity contribution in [2.24, 2.45) is 0 Å². The summed E-state index contributed by atoms with van der Waals surface area (Å²) in [5.41, 5.74) is 6.98. The van der Waals surface area contributed by atoms with Crippen molar-refractivity contribution in [2.45, 2.75) is 19.6 Å². The molecule has 2 nitrogen and oxygen atoms in total. The van der Waals surface area contributed by atoms with Gasteiger partial charge in [-0.2, -0.15) is 0 Å². The number of rotatable bonds is 4. The molecule has 0 aliphatic heterocycles. The van der Waals surface area contributed by atoms with E-state index >= 15 is 0 Å². The predicted octanol–water partition coefficient (Wildman–Crippen LogP) is 9.54. The molecule has 0 fully saturated rings. The van der Waals surface area contributed by atoms with E-state index in [0.29, 0.717) is 0 Å². The molecule has 0 saturated carbocycles. The van der Waals surface area contributed by atoms with Crippen molar-refractivity contribution in [3.63, 3.8) is 0 Å². The third-order valence-electron chi connectivity index (χ3n) is 7.57. The van der Waals surface area contributed by atoms with E-state index in [-0.39, 0.29) is 0 Å². The van der Waals surface area contributed by atoms with Crippen molar-refractivity contribution < 1.29 is 0 Å². The molecule has 0 saturated heterocycles. The average Bonchev–Trinajstić information content (AvgIpc) is 3.35. The molecule has 0 amide bonds. The first-order chi connectivity index (χ1) is 18.9. The van der Waals surface area contributed by atoms with Gasteiger partial charge in [0, 0.05) is 39.0 Å². The van der Waals surface area contributed by atoms with E-state index in [1.54, 1.807) is 11.3 Å². The number of nitrogens with zero attached hydrogens (tertiary/aromatic N) is 2. The summed E-state index contributed by atoms with van der Waals surface area (Å²) in [6.07, 6.45) is 3.86. The molecular formula is C35H28N2SSi. The molecule has 7 rings (SSSR count). The van der Waals surface area contributed by atoms with Gasteiger partial charge in [-0.3, -0.25) is 4.98 Å². The maximum atomic E-state index is 4.89. The van der Waals surface area contributed by atoms with Crippen LogP contribution < -0.4 is 5.19 Å². The topological polar surface area (TPSA) is 25.8 Å². The summed E-state index contributed by atoms with van der Waals surface area (Å²) in [5, 5.41) is 6.43. The predicted molar refractivity (Wildman–Crippen MR) is 172 cm³/mol. The zero-order valence-electron chi connectivity index (χ0n) is 22.3. The van der Waals surface area contributed by atoms with Crippen LogP contribution in [0.1, 0.15) is 0 Å². The minimum atomic E-state index is -1.29. The third-order valence-corrected chi connectivity index (χ3v) is 10.8. The Balaban J connectivity index is 1.19. The lowest BCUT2D eigenvalue weighted by atomic mass is 9.98. The number of hydrogen-bond donors (Lipinski definition) is 0. The standard InChI is InChI=1S/C35H28N2SSi/c1-39(2,3)29-16-13-23(14-17-29)24-9-10-26-21-27(12-11-25(26)20-24)28-15-18-33(37-22-28)32-7-4-6-30-31-8-5-19-36-35(31)38-34(30)32/h4-22H,1-3H3. The molecule has 188 valence electrons. The summed E-state index contributed by atoms with van der Waals surface area (Å²) in [6.45, 7) is 7.17. The smallest absolute Gasteiger partial charge is 0.124 e. The molecule has 0 radical (unpaired) electrons. The number of pyridine rings is 2. The fourth-order valence-electron chi connectivity index (χ4n) is 5.33. The van der Waals surface area contributed by atoms with E-state index in [1.165, 1.54) is 48.1 Å². The first-order valence-electron chi connectivity index (χ1n) is 13.3. The van der Waals surface area contributed by atoms with Crippen LogP contribution in [0.5, 0.6) is 0 Å². The van der Waals surface area contributed by atoms with Gasteiger partial charge in [-0.1, -0.05) is 97.6 Å². The Kier molecular flexibility index (Phi) is 5.69. The van der Waals surface area contributed by atoms with Gasteiger partial charge >= 0.3 is 0 Å². The second-order valence-electron chi connectivity index (χ2n) is 11.2. The van der Waals surface area contributed by atoms with Crippen LogP contribution in [-0.2, 0) is 0 Å². The highest BCUT2D eigenvalue weighted by Gasteiger charge is 2.16. The number of thiophene rings is 1. The molecule has 0 atom stereocenters. The SMILES string of the molecule is C[Si](C)(C)c1ccc(-c2ccc3cc(-c4ccc(-c5cccc6c5sc5ncccc56)nc4)ccc3c2)cc1. The molecular weight excluding hydrogens is 509 g/mol. The Morgan fingerprint density at radius 1 is 0.590 bits per heavy atom. The van der Waals surface area contributed by atoms with Gasteiger partial charge in [0.05, 0.1) is 13.8 Å². The van der Waals surface area contributed by atoms with E-state index in [2.05, 4.69) is 122 Å². The lowest BCUT2D eigenvalue weighted by molar-refractivity contribution is 1.33. The molecule has 3 aromatic heterocycles. The maximum absolute atomic E-state index is 4.89. The van der Waals surface area contributed by atoms with Gasteiger partial charge in [-0.15, -0.1) is 11.3 Å². The van der Waals surface area contributed by atoms with Crippen LogP contribution in [-0.4, -0.2) is 18.0 Å². The second-order valence-corrected chi connectivity index (χ2v) is 17.3. The average molecular weight is 537 g/mol. The van der Waals surface area contributed by atoms with Crippen molar-refractivity contribution in [3.8, 4) is 33.5 Å². The highest BCUT2D eigenvalue weighted by Crippen LogP contribution is 2.38. The molecule has 0 aliphatic rings. The molecule has 7 aromatic rings. The number of fused-ring (bicyclic) bond motifs is 4. The zero-order chi connectivity index (χ0) is 26.6. The minimum absolute atomic E-state index is 0.987. The van der Waals surface area contributed by atoms with Crippen molar-refractivity contribution in [1.82, 2.24) is 9.97 Å². The Hall–Kier alpha value is -4.12. The van der Waals surface area contributed by atoms with Crippen LogP contribution in [0, 0.1) is 0 Å². The summed E-state index contributed by atoms with van der Waals surface area (Å²) in [5.74, 6) is 0. The van der Waals surface area contributed by atoms with E-state index in [1.807, 2.05) is 18.5 Å². The number of aromatic nitrogens is 2.